The van der Waals surface area contributed by atoms with Gasteiger partial charge in [-0.25, -0.2) is 4.72 Å². The molecule has 0 aromatic heterocycles. The lowest BCUT2D eigenvalue weighted by Gasteiger charge is -2.10. The van der Waals surface area contributed by atoms with Crippen LogP contribution in [0.5, 0.6) is 0 Å². The second-order valence-electron chi connectivity index (χ2n) is 3.52. The Hall–Kier alpha value is -0.170. The van der Waals surface area contributed by atoms with Gasteiger partial charge in [-0.1, -0.05) is 6.42 Å². The molecule has 0 bridgehead atoms. The first kappa shape index (κ1) is 13.8. The van der Waals surface area contributed by atoms with Crippen molar-refractivity contribution in [3.05, 3.63) is 0 Å². The van der Waals surface area contributed by atoms with Crippen LogP contribution in [0.25, 0.3) is 0 Å². The van der Waals surface area contributed by atoms with Crippen LogP contribution in [0, 0.1) is 0 Å². The molecule has 0 aromatic carbocycles. The molecule has 0 spiro atoms. The van der Waals surface area contributed by atoms with Gasteiger partial charge in [-0.15, -0.1) is 0 Å². The maximum Gasteiger partial charge on any atom is 0.277 e. The Bertz CT molecular complexity index is 227. The topological polar surface area (TPSA) is 84.2 Å². The third kappa shape index (κ3) is 8.43. The molecule has 0 unspecified atom stereocenters. The maximum absolute atomic E-state index is 11.2. The molecule has 14 heavy (non-hydrogen) atoms. The highest BCUT2D eigenvalue weighted by atomic mass is 32.2. The van der Waals surface area contributed by atoms with E-state index in [1.807, 2.05) is 0 Å². The summed E-state index contributed by atoms with van der Waals surface area (Å²) in [6.07, 6.45) is 2.73. The third-order valence-electron chi connectivity index (χ3n) is 1.56. The van der Waals surface area contributed by atoms with Gasteiger partial charge in [-0.05, 0) is 33.2 Å². The van der Waals surface area contributed by atoms with Gasteiger partial charge >= 0.3 is 0 Å². The zero-order valence-electron chi connectivity index (χ0n) is 8.91. The Morgan fingerprint density at radius 1 is 1.21 bits per heavy atom. The molecule has 0 rings (SSSR count). The molecule has 0 saturated carbocycles. The smallest absolute Gasteiger partial charge is 0.277 e. The Morgan fingerprint density at radius 3 is 2.36 bits per heavy atom. The molecule has 0 aliphatic rings. The van der Waals surface area contributed by atoms with E-state index in [0.717, 1.165) is 19.3 Å². The zero-order chi connectivity index (χ0) is 11.0. The second-order valence-corrected chi connectivity index (χ2v) is 5.05. The van der Waals surface area contributed by atoms with Crippen molar-refractivity contribution in [3.8, 4) is 0 Å². The number of hydrogen-bond acceptors (Lipinski definition) is 3. The predicted octanol–water partition coefficient (Wildman–Crippen LogP) is -0.0522. The van der Waals surface area contributed by atoms with Crippen LogP contribution in [0.4, 0.5) is 0 Å². The molecule has 6 heteroatoms. The van der Waals surface area contributed by atoms with Crippen molar-refractivity contribution in [1.29, 1.82) is 0 Å². The highest BCUT2D eigenvalue weighted by Crippen LogP contribution is 1.92. The summed E-state index contributed by atoms with van der Waals surface area (Å²) >= 11 is 0. The summed E-state index contributed by atoms with van der Waals surface area (Å²) in [5, 5.41) is 0. The molecular weight excluding hydrogens is 202 g/mol. The Labute approximate surface area is 86.6 Å². The first-order chi connectivity index (χ1) is 6.48. The van der Waals surface area contributed by atoms with Gasteiger partial charge in [0.1, 0.15) is 0 Å². The minimum Gasteiger partial charge on any atom is -0.330 e. The minimum absolute atomic E-state index is 0.0726. The molecule has 4 N–H and O–H groups in total. The summed E-state index contributed by atoms with van der Waals surface area (Å²) in [5.74, 6) is 0. The van der Waals surface area contributed by atoms with E-state index in [-0.39, 0.29) is 6.04 Å². The zero-order valence-corrected chi connectivity index (χ0v) is 9.73. The maximum atomic E-state index is 11.2. The van der Waals surface area contributed by atoms with Crippen LogP contribution in [0.3, 0.4) is 0 Å². The summed E-state index contributed by atoms with van der Waals surface area (Å²) in [6.45, 7) is 4.71. The first-order valence-corrected chi connectivity index (χ1v) is 6.43. The summed E-state index contributed by atoms with van der Waals surface area (Å²) < 4.78 is 27.4. The van der Waals surface area contributed by atoms with E-state index in [1.165, 1.54) is 0 Å². The van der Waals surface area contributed by atoms with Crippen molar-refractivity contribution >= 4 is 10.2 Å². The van der Waals surface area contributed by atoms with Gasteiger partial charge in [0.05, 0.1) is 0 Å². The summed E-state index contributed by atoms with van der Waals surface area (Å²) in [5.41, 5.74) is 5.31. The number of hydrogen-bond donors (Lipinski definition) is 3. The minimum atomic E-state index is -3.30. The molecule has 0 fully saturated rings. The van der Waals surface area contributed by atoms with Crippen LogP contribution in [-0.2, 0) is 10.2 Å². The molecule has 0 heterocycles. The van der Waals surface area contributed by atoms with Crippen LogP contribution >= 0.6 is 0 Å². The number of nitrogens with one attached hydrogen (secondary N) is 2. The molecule has 0 atom stereocenters. The molecule has 5 nitrogen and oxygen atoms in total. The van der Waals surface area contributed by atoms with Crippen molar-refractivity contribution in [3.63, 3.8) is 0 Å². The fourth-order valence-corrected chi connectivity index (χ4v) is 2.12. The Morgan fingerprint density at radius 2 is 1.86 bits per heavy atom. The molecule has 0 aliphatic heterocycles. The molecular formula is C8H21N3O2S. The van der Waals surface area contributed by atoms with Crippen molar-refractivity contribution in [2.75, 3.05) is 13.1 Å². The third-order valence-corrected chi connectivity index (χ3v) is 2.93. The predicted molar refractivity (Wildman–Crippen MR) is 58.1 cm³/mol. The fraction of sp³-hybridized carbons (Fsp3) is 1.00. The van der Waals surface area contributed by atoms with Crippen molar-refractivity contribution in [2.24, 2.45) is 5.73 Å². The Balaban J connectivity index is 3.56. The first-order valence-electron chi connectivity index (χ1n) is 4.95. The number of unbranched alkanes of at least 4 members (excludes halogenated alkanes) is 2. The highest BCUT2D eigenvalue weighted by Gasteiger charge is 2.09. The van der Waals surface area contributed by atoms with E-state index in [0.29, 0.717) is 13.1 Å². The number of rotatable bonds is 8. The summed E-state index contributed by atoms with van der Waals surface area (Å²) in [4.78, 5) is 0. The molecule has 0 aliphatic carbocycles. The van der Waals surface area contributed by atoms with Crippen LogP contribution in [0.1, 0.15) is 33.1 Å². The largest absolute Gasteiger partial charge is 0.330 e. The van der Waals surface area contributed by atoms with E-state index in [1.54, 1.807) is 13.8 Å². The quantitative estimate of drug-likeness (QED) is 0.504. The van der Waals surface area contributed by atoms with E-state index in [2.05, 4.69) is 9.44 Å². The SMILES string of the molecule is CC(C)NS(=O)(=O)NCCCCCN. The lowest BCUT2D eigenvalue weighted by atomic mass is 10.2. The van der Waals surface area contributed by atoms with Crippen molar-refractivity contribution in [1.82, 2.24) is 9.44 Å². The van der Waals surface area contributed by atoms with Gasteiger partial charge in [-0.2, -0.15) is 13.1 Å². The highest BCUT2D eigenvalue weighted by molar-refractivity contribution is 7.87. The average Bonchev–Trinajstić information content (AvgIpc) is 2.01. The van der Waals surface area contributed by atoms with Gasteiger partial charge in [0.15, 0.2) is 0 Å². The van der Waals surface area contributed by atoms with Crippen LogP contribution < -0.4 is 15.2 Å². The van der Waals surface area contributed by atoms with Crippen molar-refractivity contribution < 1.29 is 8.42 Å². The standard InChI is InChI=1S/C8H21N3O2S/c1-8(2)11-14(12,13)10-7-5-3-4-6-9/h8,10-11H,3-7,9H2,1-2H3. The van der Waals surface area contributed by atoms with Crippen LogP contribution in [-0.4, -0.2) is 27.5 Å². The molecule has 0 amide bonds. The van der Waals surface area contributed by atoms with Gasteiger partial charge in [-0.3, -0.25) is 0 Å². The normalized spacial score (nSPS) is 12.3. The van der Waals surface area contributed by atoms with E-state index in [9.17, 15) is 8.42 Å². The van der Waals surface area contributed by atoms with Gasteiger partial charge < -0.3 is 5.73 Å². The lowest BCUT2D eigenvalue weighted by Crippen LogP contribution is -2.40. The monoisotopic (exact) mass is 223 g/mol. The van der Waals surface area contributed by atoms with Crippen LogP contribution in [0.2, 0.25) is 0 Å². The van der Waals surface area contributed by atoms with E-state index < -0.39 is 10.2 Å². The second kappa shape index (κ2) is 7.17. The number of nitrogens with two attached hydrogens (primary N) is 1. The average molecular weight is 223 g/mol. The van der Waals surface area contributed by atoms with Gasteiger partial charge in [0.2, 0.25) is 0 Å². The summed E-state index contributed by atoms with van der Waals surface area (Å²) in [6, 6.07) is -0.0726. The molecule has 0 radical (unpaired) electrons. The van der Waals surface area contributed by atoms with Crippen LogP contribution in [0.15, 0.2) is 0 Å². The molecule has 86 valence electrons. The van der Waals surface area contributed by atoms with Gasteiger partial charge in [0, 0.05) is 12.6 Å². The van der Waals surface area contributed by atoms with E-state index >= 15 is 0 Å². The summed E-state index contributed by atoms with van der Waals surface area (Å²) in [7, 11) is -3.30. The molecule has 0 aromatic rings. The lowest BCUT2D eigenvalue weighted by molar-refractivity contribution is 0.550. The van der Waals surface area contributed by atoms with E-state index in [4.69, 9.17) is 5.73 Å². The van der Waals surface area contributed by atoms with Gasteiger partial charge in [0.25, 0.3) is 10.2 Å². The Kier molecular flexibility index (Phi) is 7.08. The molecule has 0 saturated heterocycles. The van der Waals surface area contributed by atoms with Crippen molar-refractivity contribution in [2.45, 2.75) is 39.2 Å². The fourth-order valence-electron chi connectivity index (χ4n) is 1.00.